The first kappa shape index (κ1) is 14.5. The van der Waals surface area contributed by atoms with Gasteiger partial charge in [0.15, 0.2) is 0 Å². The molecule has 2 aromatic rings. The molecule has 4 nitrogen and oxygen atoms in total. The highest BCUT2D eigenvalue weighted by Crippen LogP contribution is 2.33. The molecule has 20 heavy (non-hydrogen) atoms. The largest absolute Gasteiger partial charge is 0.462 e. The molecule has 0 unspecified atom stereocenters. The minimum atomic E-state index is -0.479. The fourth-order valence-electron chi connectivity index (χ4n) is 1.96. The minimum absolute atomic E-state index is 0.268. The fourth-order valence-corrected chi connectivity index (χ4v) is 3.02. The summed E-state index contributed by atoms with van der Waals surface area (Å²) in [6.45, 7) is 5.95. The number of esters is 2. The van der Waals surface area contributed by atoms with Crippen LogP contribution in [0.2, 0.25) is 0 Å². The summed E-state index contributed by atoms with van der Waals surface area (Å²) < 4.78 is 11.0. The SMILES string of the molecule is CCOC(=O)c1sc2ccc(C)cc2c1C(=O)OCC. The smallest absolute Gasteiger partial charge is 0.349 e. The molecule has 106 valence electrons. The molecular weight excluding hydrogens is 276 g/mol. The van der Waals surface area contributed by atoms with E-state index < -0.39 is 11.9 Å². The lowest BCUT2D eigenvalue weighted by Gasteiger charge is -2.04. The Labute approximate surface area is 121 Å². The summed E-state index contributed by atoms with van der Waals surface area (Å²) in [6, 6.07) is 5.74. The predicted molar refractivity (Wildman–Crippen MR) is 78.5 cm³/mol. The Balaban J connectivity index is 2.63. The van der Waals surface area contributed by atoms with Crippen LogP contribution in [0, 0.1) is 6.92 Å². The summed E-state index contributed by atoms with van der Waals surface area (Å²) in [5.74, 6) is -0.957. The molecule has 0 fully saturated rings. The van der Waals surface area contributed by atoms with Crippen molar-refractivity contribution in [3.05, 3.63) is 34.2 Å². The summed E-state index contributed by atoms with van der Waals surface area (Å²) in [5.41, 5.74) is 1.34. The molecule has 5 heteroatoms. The van der Waals surface area contributed by atoms with Gasteiger partial charge in [-0.25, -0.2) is 9.59 Å². The minimum Gasteiger partial charge on any atom is -0.462 e. The maximum absolute atomic E-state index is 12.1. The van der Waals surface area contributed by atoms with Crippen molar-refractivity contribution in [2.45, 2.75) is 20.8 Å². The van der Waals surface area contributed by atoms with Crippen LogP contribution in [-0.2, 0) is 9.47 Å². The van der Waals surface area contributed by atoms with Crippen LogP contribution >= 0.6 is 11.3 Å². The van der Waals surface area contributed by atoms with Crippen LogP contribution in [0.15, 0.2) is 18.2 Å². The second-order valence-electron chi connectivity index (χ2n) is 4.25. The molecule has 0 radical (unpaired) electrons. The van der Waals surface area contributed by atoms with Crippen molar-refractivity contribution in [2.24, 2.45) is 0 Å². The van der Waals surface area contributed by atoms with E-state index >= 15 is 0 Å². The van der Waals surface area contributed by atoms with Crippen molar-refractivity contribution in [1.29, 1.82) is 0 Å². The third-order valence-corrected chi connectivity index (χ3v) is 3.93. The first-order valence-electron chi connectivity index (χ1n) is 6.45. The Bertz CT molecular complexity index is 657. The lowest BCUT2D eigenvalue weighted by molar-refractivity contribution is 0.0485. The van der Waals surface area contributed by atoms with E-state index in [0.717, 1.165) is 15.6 Å². The van der Waals surface area contributed by atoms with Gasteiger partial charge in [0.25, 0.3) is 0 Å². The van der Waals surface area contributed by atoms with Gasteiger partial charge in [-0.1, -0.05) is 11.6 Å². The number of thiophene rings is 1. The molecule has 0 N–H and O–H groups in total. The van der Waals surface area contributed by atoms with Gasteiger partial charge >= 0.3 is 11.9 Å². The zero-order valence-corrected chi connectivity index (χ0v) is 12.5. The van der Waals surface area contributed by atoms with Gasteiger partial charge in [-0.2, -0.15) is 0 Å². The number of fused-ring (bicyclic) bond motifs is 1. The van der Waals surface area contributed by atoms with Crippen molar-refractivity contribution < 1.29 is 19.1 Å². The number of ether oxygens (including phenoxy) is 2. The van der Waals surface area contributed by atoms with Crippen LogP contribution < -0.4 is 0 Å². The van der Waals surface area contributed by atoms with Gasteiger partial charge in [-0.05, 0) is 32.9 Å². The highest BCUT2D eigenvalue weighted by Gasteiger charge is 2.25. The Morgan fingerprint density at radius 2 is 1.75 bits per heavy atom. The van der Waals surface area contributed by atoms with Gasteiger partial charge < -0.3 is 9.47 Å². The van der Waals surface area contributed by atoms with Gasteiger partial charge in [-0.15, -0.1) is 11.3 Å². The number of aryl methyl sites for hydroxylation is 1. The lowest BCUT2D eigenvalue weighted by Crippen LogP contribution is -2.11. The molecule has 0 atom stereocenters. The second-order valence-corrected chi connectivity index (χ2v) is 5.30. The van der Waals surface area contributed by atoms with Crippen LogP contribution in [0.25, 0.3) is 10.1 Å². The number of carbonyl (C=O) groups excluding carboxylic acids is 2. The summed E-state index contributed by atoms with van der Waals surface area (Å²) in [7, 11) is 0. The Kier molecular flexibility index (Phi) is 4.39. The fraction of sp³-hybridized carbons (Fsp3) is 0.333. The van der Waals surface area contributed by atoms with Gasteiger partial charge in [0.1, 0.15) is 4.88 Å². The average Bonchev–Trinajstić information content (AvgIpc) is 2.77. The van der Waals surface area contributed by atoms with Gasteiger partial charge in [0.05, 0.1) is 18.8 Å². The van der Waals surface area contributed by atoms with Crippen LogP contribution in [0.3, 0.4) is 0 Å². The average molecular weight is 292 g/mol. The van der Waals surface area contributed by atoms with Crippen molar-refractivity contribution in [3.8, 4) is 0 Å². The molecular formula is C15H16O4S. The molecule has 0 saturated heterocycles. The third-order valence-electron chi connectivity index (χ3n) is 2.78. The number of hydrogen-bond acceptors (Lipinski definition) is 5. The predicted octanol–water partition coefficient (Wildman–Crippen LogP) is 3.56. The van der Waals surface area contributed by atoms with Crippen LogP contribution in [-0.4, -0.2) is 25.2 Å². The van der Waals surface area contributed by atoms with Crippen molar-refractivity contribution in [3.63, 3.8) is 0 Å². The van der Waals surface area contributed by atoms with E-state index in [9.17, 15) is 9.59 Å². The second kappa shape index (κ2) is 6.05. The molecule has 0 amide bonds. The molecule has 0 spiro atoms. The highest BCUT2D eigenvalue weighted by molar-refractivity contribution is 7.21. The summed E-state index contributed by atoms with van der Waals surface area (Å²) in [5, 5.41) is 0.747. The molecule has 0 aliphatic heterocycles. The first-order chi connectivity index (χ1) is 9.58. The van der Waals surface area contributed by atoms with Gasteiger partial charge in [-0.3, -0.25) is 0 Å². The molecule has 0 bridgehead atoms. The van der Waals surface area contributed by atoms with Crippen LogP contribution in [0.4, 0.5) is 0 Å². The van der Waals surface area contributed by atoms with Crippen LogP contribution in [0.1, 0.15) is 39.4 Å². The van der Waals surface area contributed by atoms with Gasteiger partial charge in [0.2, 0.25) is 0 Å². The zero-order chi connectivity index (χ0) is 14.7. The van der Waals surface area contributed by atoms with Crippen molar-refractivity contribution in [2.75, 3.05) is 13.2 Å². The lowest BCUT2D eigenvalue weighted by atomic mass is 10.1. The van der Waals surface area contributed by atoms with E-state index in [2.05, 4.69) is 0 Å². The molecule has 1 heterocycles. The molecule has 2 rings (SSSR count). The van der Waals surface area contributed by atoms with Crippen molar-refractivity contribution in [1.82, 2.24) is 0 Å². The number of rotatable bonds is 4. The normalized spacial score (nSPS) is 10.6. The molecule has 1 aromatic carbocycles. The summed E-state index contributed by atoms with van der Waals surface area (Å²) in [4.78, 5) is 24.5. The van der Waals surface area contributed by atoms with E-state index in [1.165, 1.54) is 11.3 Å². The summed E-state index contributed by atoms with van der Waals surface area (Å²) in [6.07, 6.45) is 0. The Hall–Kier alpha value is -1.88. The number of benzene rings is 1. The van der Waals surface area contributed by atoms with E-state index in [4.69, 9.17) is 9.47 Å². The number of carbonyl (C=O) groups is 2. The molecule has 0 aliphatic rings. The maximum Gasteiger partial charge on any atom is 0.349 e. The van der Waals surface area contributed by atoms with Crippen molar-refractivity contribution >= 4 is 33.4 Å². The Morgan fingerprint density at radius 3 is 2.40 bits per heavy atom. The van der Waals surface area contributed by atoms with E-state index in [1.807, 2.05) is 25.1 Å². The van der Waals surface area contributed by atoms with Gasteiger partial charge in [0, 0.05) is 10.1 Å². The first-order valence-corrected chi connectivity index (χ1v) is 7.27. The number of hydrogen-bond donors (Lipinski definition) is 0. The Morgan fingerprint density at radius 1 is 1.10 bits per heavy atom. The highest BCUT2D eigenvalue weighted by atomic mass is 32.1. The zero-order valence-electron chi connectivity index (χ0n) is 11.7. The van der Waals surface area contributed by atoms with E-state index in [-0.39, 0.29) is 13.2 Å². The van der Waals surface area contributed by atoms with Crippen LogP contribution in [0.5, 0.6) is 0 Å². The molecule has 0 saturated carbocycles. The monoisotopic (exact) mass is 292 g/mol. The summed E-state index contributed by atoms with van der Waals surface area (Å²) >= 11 is 1.26. The third kappa shape index (κ3) is 2.67. The van der Waals surface area contributed by atoms with E-state index in [1.54, 1.807) is 13.8 Å². The standard InChI is InChI=1S/C15H16O4S/c1-4-18-14(16)12-10-8-9(3)6-7-11(10)20-13(12)15(17)19-5-2/h6-8H,4-5H2,1-3H3. The van der Waals surface area contributed by atoms with E-state index in [0.29, 0.717) is 10.4 Å². The topological polar surface area (TPSA) is 52.6 Å². The maximum atomic E-state index is 12.1. The molecule has 0 aliphatic carbocycles. The quantitative estimate of drug-likeness (QED) is 0.808. The molecule has 1 aromatic heterocycles.